The number of urea groups is 1. The zero-order chi connectivity index (χ0) is 19.9. The Morgan fingerprint density at radius 1 is 1.04 bits per heavy atom. The summed E-state index contributed by atoms with van der Waals surface area (Å²) in [5, 5.41) is 24.9. The number of nitriles is 1. The van der Waals surface area contributed by atoms with Crippen LogP contribution in [0, 0.1) is 21.4 Å². The summed E-state index contributed by atoms with van der Waals surface area (Å²) in [4.78, 5) is 26.2. The number of carbonyl (C=O) groups is 1. The lowest BCUT2D eigenvalue weighted by Crippen LogP contribution is -2.19. The number of amides is 2. The van der Waals surface area contributed by atoms with Gasteiger partial charge >= 0.3 is 6.03 Å². The number of rotatable bonds is 5. The molecule has 0 unspecified atom stereocenters. The number of hydrogen-bond donors (Lipinski definition) is 2. The number of nitrogens with zero attached hydrogens (tertiary/aromatic N) is 3. The molecule has 9 heteroatoms. The summed E-state index contributed by atoms with van der Waals surface area (Å²) >= 11 is 0. The van der Waals surface area contributed by atoms with Gasteiger partial charge in [-0.25, -0.2) is 9.78 Å². The molecule has 9 nitrogen and oxygen atoms in total. The van der Waals surface area contributed by atoms with Crippen LogP contribution in [-0.4, -0.2) is 15.9 Å². The topological polar surface area (TPSA) is 130 Å². The number of nitrogens with one attached hydrogen (secondary N) is 2. The number of pyridine rings is 1. The summed E-state index contributed by atoms with van der Waals surface area (Å²) in [5.74, 6) is 0.651. The molecule has 0 aliphatic heterocycles. The lowest BCUT2D eigenvalue weighted by Gasteiger charge is -2.09. The minimum atomic E-state index is -0.516. The van der Waals surface area contributed by atoms with Gasteiger partial charge in [0.15, 0.2) is 0 Å². The van der Waals surface area contributed by atoms with Crippen LogP contribution >= 0.6 is 0 Å². The van der Waals surface area contributed by atoms with E-state index in [0.29, 0.717) is 22.7 Å². The number of hydrogen-bond acceptors (Lipinski definition) is 6. The van der Waals surface area contributed by atoms with Crippen molar-refractivity contribution in [2.75, 3.05) is 10.6 Å². The molecule has 0 radical (unpaired) electrons. The maximum Gasteiger partial charge on any atom is 0.323 e. The van der Waals surface area contributed by atoms with Crippen molar-refractivity contribution in [2.45, 2.75) is 0 Å². The number of anilines is 2. The van der Waals surface area contributed by atoms with Crippen LogP contribution in [0.4, 0.5) is 21.9 Å². The number of nitro groups is 1. The highest BCUT2D eigenvalue weighted by Gasteiger charge is 2.08. The highest BCUT2D eigenvalue weighted by Crippen LogP contribution is 2.24. The van der Waals surface area contributed by atoms with Crippen LogP contribution < -0.4 is 15.4 Å². The molecule has 3 rings (SSSR count). The maximum absolute atomic E-state index is 12.0. The molecular formula is C19H13N5O4. The van der Waals surface area contributed by atoms with E-state index in [1.165, 1.54) is 30.5 Å². The fourth-order valence-corrected chi connectivity index (χ4v) is 2.24. The number of benzene rings is 2. The molecule has 0 aliphatic carbocycles. The zero-order valence-corrected chi connectivity index (χ0v) is 14.3. The standard InChI is InChI=1S/C19H13N5O4/c20-12-13-2-1-11-21-18(13)28-17-9-5-15(6-10-17)23-19(25)22-14-3-7-16(8-4-14)24(26)27/h1-11H,(H2,22,23,25). The number of aromatic nitrogens is 1. The molecule has 0 saturated heterocycles. The average molecular weight is 375 g/mol. The molecule has 1 heterocycles. The third-order valence-electron chi connectivity index (χ3n) is 3.55. The molecule has 0 saturated carbocycles. The normalized spacial score (nSPS) is 9.82. The summed E-state index contributed by atoms with van der Waals surface area (Å²) in [6.07, 6.45) is 1.52. The average Bonchev–Trinajstić information content (AvgIpc) is 2.70. The molecule has 28 heavy (non-hydrogen) atoms. The van der Waals surface area contributed by atoms with Crippen LogP contribution in [0.15, 0.2) is 66.9 Å². The van der Waals surface area contributed by atoms with Crippen molar-refractivity contribution < 1.29 is 14.5 Å². The molecule has 138 valence electrons. The lowest BCUT2D eigenvalue weighted by atomic mass is 10.3. The second-order valence-corrected chi connectivity index (χ2v) is 5.48. The van der Waals surface area contributed by atoms with Crippen molar-refractivity contribution >= 4 is 23.1 Å². The SMILES string of the molecule is N#Cc1cccnc1Oc1ccc(NC(=O)Nc2ccc([N+](=O)[O-])cc2)cc1. The monoisotopic (exact) mass is 375 g/mol. The van der Waals surface area contributed by atoms with Gasteiger partial charge < -0.3 is 15.4 Å². The smallest absolute Gasteiger partial charge is 0.323 e. The Balaban J connectivity index is 1.60. The molecule has 0 bridgehead atoms. The summed E-state index contributed by atoms with van der Waals surface area (Å²) in [6, 6.07) is 16.7. The Morgan fingerprint density at radius 3 is 2.21 bits per heavy atom. The Labute approximate surface area is 159 Å². The van der Waals surface area contributed by atoms with Crippen molar-refractivity contribution in [3.63, 3.8) is 0 Å². The van der Waals surface area contributed by atoms with Crippen molar-refractivity contribution in [3.05, 3.63) is 82.5 Å². The minimum Gasteiger partial charge on any atom is -0.438 e. The first kappa shape index (κ1) is 18.3. The third kappa shape index (κ3) is 4.59. The van der Waals surface area contributed by atoms with E-state index in [0.717, 1.165) is 0 Å². The molecule has 2 amide bonds. The number of ether oxygens (including phenoxy) is 1. The van der Waals surface area contributed by atoms with Crippen molar-refractivity contribution in [1.29, 1.82) is 5.26 Å². The summed E-state index contributed by atoms with van der Waals surface area (Å²) in [6.45, 7) is 0. The maximum atomic E-state index is 12.0. The zero-order valence-electron chi connectivity index (χ0n) is 14.3. The van der Waals surface area contributed by atoms with E-state index in [-0.39, 0.29) is 11.6 Å². The van der Waals surface area contributed by atoms with Gasteiger partial charge in [-0.2, -0.15) is 5.26 Å². The predicted octanol–water partition coefficient (Wildman–Crippen LogP) is 4.30. The molecule has 0 fully saturated rings. The Kier molecular flexibility index (Phi) is 5.43. The first-order chi connectivity index (χ1) is 13.5. The summed E-state index contributed by atoms with van der Waals surface area (Å²) in [5.41, 5.74) is 1.18. The predicted molar refractivity (Wildman–Crippen MR) is 101 cm³/mol. The third-order valence-corrected chi connectivity index (χ3v) is 3.55. The quantitative estimate of drug-likeness (QED) is 0.505. The van der Waals surface area contributed by atoms with Gasteiger partial charge in [0.1, 0.15) is 17.4 Å². The van der Waals surface area contributed by atoms with Crippen LogP contribution in [0.25, 0.3) is 0 Å². The number of non-ortho nitro benzene ring substituents is 1. The highest BCUT2D eigenvalue weighted by molar-refractivity contribution is 5.99. The van der Waals surface area contributed by atoms with E-state index in [9.17, 15) is 14.9 Å². The van der Waals surface area contributed by atoms with Crippen molar-refractivity contribution in [2.24, 2.45) is 0 Å². The number of carbonyl (C=O) groups excluding carboxylic acids is 1. The van der Waals surface area contributed by atoms with Crippen LogP contribution in [0.3, 0.4) is 0 Å². The van der Waals surface area contributed by atoms with E-state index < -0.39 is 11.0 Å². The van der Waals surface area contributed by atoms with E-state index in [2.05, 4.69) is 15.6 Å². The summed E-state index contributed by atoms with van der Waals surface area (Å²) in [7, 11) is 0. The largest absolute Gasteiger partial charge is 0.438 e. The molecule has 2 aromatic carbocycles. The lowest BCUT2D eigenvalue weighted by molar-refractivity contribution is -0.384. The number of nitro benzene ring substituents is 1. The van der Waals surface area contributed by atoms with Gasteiger partial charge in [0.05, 0.1) is 4.92 Å². The van der Waals surface area contributed by atoms with Gasteiger partial charge in [-0.3, -0.25) is 10.1 Å². The molecule has 0 atom stereocenters. The van der Waals surface area contributed by atoms with Gasteiger partial charge in [0.2, 0.25) is 5.88 Å². The fraction of sp³-hybridized carbons (Fsp3) is 0. The second kappa shape index (κ2) is 8.29. The van der Waals surface area contributed by atoms with E-state index >= 15 is 0 Å². The van der Waals surface area contributed by atoms with Gasteiger partial charge in [0.25, 0.3) is 5.69 Å². The minimum absolute atomic E-state index is 0.0611. The first-order valence-corrected chi connectivity index (χ1v) is 8.00. The molecule has 3 aromatic rings. The molecular weight excluding hydrogens is 362 g/mol. The molecule has 1 aromatic heterocycles. The molecule has 2 N–H and O–H groups in total. The van der Waals surface area contributed by atoms with E-state index in [4.69, 9.17) is 10.00 Å². The summed E-state index contributed by atoms with van der Waals surface area (Å²) < 4.78 is 5.57. The van der Waals surface area contributed by atoms with Gasteiger partial charge in [0, 0.05) is 29.7 Å². The Morgan fingerprint density at radius 2 is 1.64 bits per heavy atom. The van der Waals surface area contributed by atoms with Crippen molar-refractivity contribution in [1.82, 2.24) is 4.98 Å². The van der Waals surface area contributed by atoms with Gasteiger partial charge in [-0.15, -0.1) is 0 Å². The Hall–Kier alpha value is -4.45. The van der Waals surface area contributed by atoms with E-state index in [1.807, 2.05) is 6.07 Å². The highest BCUT2D eigenvalue weighted by atomic mass is 16.6. The van der Waals surface area contributed by atoms with Gasteiger partial charge in [-0.1, -0.05) is 0 Å². The molecule has 0 aliphatic rings. The Bertz CT molecular complexity index is 1040. The van der Waals surface area contributed by atoms with Crippen LogP contribution in [0.5, 0.6) is 11.6 Å². The first-order valence-electron chi connectivity index (χ1n) is 8.00. The van der Waals surface area contributed by atoms with Crippen LogP contribution in [0.2, 0.25) is 0 Å². The van der Waals surface area contributed by atoms with Crippen LogP contribution in [-0.2, 0) is 0 Å². The second-order valence-electron chi connectivity index (χ2n) is 5.48. The fourth-order valence-electron chi connectivity index (χ4n) is 2.24. The molecule has 0 spiro atoms. The van der Waals surface area contributed by atoms with Gasteiger partial charge in [-0.05, 0) is 48.5 Å². The van der Waals surface area contributed by atoms with Crippen LogP contribution in [0.1, 0.15) is 5.56 Å². The van der Waals surface area contributed by atoms with Crippen molar-refractivity contribution in [3.8, 4) is 17.7 Å². The van der Waals surface area contributed by atoms with E-state index in [1.54, 1.807) is 36.4 Å².